The van der Waals surface area contributed by atoms with E-state index >= 15 is 0 Å². The van der Waals surface area contributed by atoms with E-state index in [0.717, 1.165) is 38.6 Å². The van der Waals surface area contributed by atoms with Crippen LogP contribution in [0.5, 0.6) is 0 Å². The molecule has 4 nitrogen and oxygen atoms in total. The highest BCUT2D eigenvalue weighted by molar-refractivity contribution is 5.79. The lowest BCUT2D eigenvalue weighted by molar-refractivity contribution is -0.143. The van der Waals surface area contributed by atoms with Crippen LogP contribution in [0.15, 0.2) is 0 Å². The lowest BCUT2D eigenvalue weighted by Gasteiger charge is -2.40. The number of aliphatic hydroxyl groups is 1. The number of carbonyl (C=O) groups is 1. The minimum atomic E-state index is -0.710. The summed E-state index contributed by atoms with van der Waals surface area (Å²) in [6.45, 7) is 5.25. The van der Waals surface area contributed by atoms with Gasteiger partial charge in [0.2, 0.25) is 5.91 Å². The van der Waals surface area contributed by atoms with E-state index in [1.54, 1.807) is 0 Å². The van der Waals surface area contributed by atoms with Crippen molar-refractivity contribution in [2.75, 3.05) is 13.1 Å². The van der Waals surface area contributed by atoms with Crippen LogP contribution in [0.1, 0.15) is 46.0 Å². The second-order valence-corrected chi connectivity index (χ2v) is 6.51. The van der Waals surface area contributed by atoms with E-state index in [-0.39, 0.29) is 17.9 Å². The van der Waals surface area contributed by atoms with E-state index in [4.69, 9.17) is 5.73 Å². The topological polar surface area (TPSA) is 66.6 Å². The Labute approximate surface area is 110 Å². The normalized spacial score (nSPS) is 41.8. The summed E-state index contributed by atoms with van der Waals surface area (Å²) in [4.78, 5) is 14.3. The summed E-state index contributed by atoms with van der Waals surface area (Å²) in [5.41, 5.74) is 5.36. The van der Waals surface area contributed by atoms with E-state index in [1.165, 1.54) is 0 Å². The summed E-state index contributed by atoms with van der Waals surface area (Å²) >= 11 is 0. The van der Waals surface area contributed by atoms with Gasteiger partial charge in [-0.2, -0.15) is 0 Å². The number of amides is 1. The Kier molecular flexibility index (Phi) is 3.97. The lowest BCUT2D eigenvalue weighted by atomic mass is 9.78. The molecule has 4 heteroatoms. The third kappa shape index (κ3) is 3.04. The number of hydrogen-bond acceptors (Lipinski definition) is 3. The Morgan fingerprint density at radius 1 is 1.44 bits per heavy atom. The van der Waals surface area contributed by atoms with Gasteiger partial charge in [-0.1, -0.05) is 6.92 Å². The van der Waals surface area contributed by atoms with Crippen LogP contribution in [-0.4, -0.2) is 40.6 Å². The van der Waals surface area contributed by atoms with Crippen LogP contribution in [0, 0.1) is 11.8 Å². The van der Waals surface area contributed by atoms with Crippen molar-refractivity contribution < 1.29 is 9.90 Å². The molecule has 0 bridgehead atoms. The second kappa shape index (κ2) is 5.17. The molecule has 1 saturated heterocycles. The van der Waals surface area contributed by atoms with Crippen LogP contribution in [0.3, 0.4) is 0 Å². The van der Waals surface area contributed by atoms with Gasteiger partial charge >= 0.3 is 0 Å². The molecule has 1 saturated carbocycles. The first-order valence-corrected chi connectivity index (χ1v) is 7.16. The van der Waals surface area contributed by atoms with E-state index in [9.17, 15) is 9.90 Å². The summed E-state index contributed by atoms with van der Waals surface area (Å²) in [5.74, 6) is 0.806. The van der Waals surface area contributed by atoms with Gasteiger partial charge in [0, 0.05) is 25.0 Å². The fraction of sp³-hybridized carbons (Fsp3) is 0.929. The number of hydrogen-bond donors (Lipinski definition) is 2. The third-order valence-electron chi connectivity index (χ3n) is 4.59. The van der Waals surface area contributed by atoms with Crippen LogP contribution in [-0.2, 0) is 4.79 Å². The molecule has 0 aromatic rings. The molecule has 1 amide bonds. The molecule has 2 rings (SSSR count). The summed E-state index contributed by atoms with van der Waals surface area (Å²) in [6, 6.07) is 0.151. The minimum absolute atomic E-state index is 0.0742. The van der Waals surface area contributed by atoms with Gasteiger partial charge in [-0.15, -0.1) is 0 Å². The van der Waals surface area contributed by atoms with Crippen molar-refractivity contribution in [1.29, 1.82) is 0 Å². The number of β-amino-alcohol motifs (C(OH)–C–C–N with tert-alkyl or cyclic N) is 1. The average Bonchev–Trinajstić information content (AvgIpc) is 2.30. The molecule has 18 heavy (non-hydrogen) atoms. The lowest BCUT2D eigenvalue weighted by Crippen LogP contribution is -2.51. The van der Waals surface area contributed by atoms with Crippen LogP contribution in [0.25, 0.3) is 0 Å². The molecule has 0 spiro atoms. The summed E-state index contributed by atoms with van der Waals surface area (Å²) in [7, 11) is 0. The maximum Gasteiger partial charge on any atom is 0.225 e. The zero-order valence-corrected chi connectivity index (χ0v) is 11.6. The highest BCUT2D eigenvalue weighted by Crippen LogP contribution is 2.30. The quantitative estimate of drug-likeness (QED) is 0.737. The van der Waals surface area contributed by atoms with Crippen molar-refractivity contribution >= 4 is 5.91 Å². The number of rotatable bonds is 1. The standard InChI is InChI=1S/C14H26N2O2/c1-10-4-5-11(8-12(10)15)13(17)16-7-3-6-14(2,18)9-16/h10-12,18H,3-9,15H2,1-2H3. The number of carbonyl (C=O) groups excluding carboxylic acids is 1. The number of piperidine rings is 1. The molecular weight excluding hydrogens is 228 g/mol. The van der Waals surface area contributed by atoms with Crippen molar-refractivity contribution in [3.63, 3.8) is 0 Å². The van der Waals surface area contributed by atoms with E-state index in [2.05, 4.69) is 6.92 Å². The first-order valence-electron chi connectivity index (χ1n) is 7.16. The van der Waals surface area contributed by atoms with Crippen molar-refractivity contribution in [3.8, 4) is 0 Å². The predicted molar refractivity (Wildman–Crippen MR) is 70.9 cm³/mol. The molecule has 4 unspecified atom stereocenters. The van der Waals surface area contributed by atoms with Crippen LogP contribution >= 0.6 is 0 Å². The van der Waals surface area contributed by atoms with Gasteiger partial charge in [-0.25, -0.2) is 0 Å². The molecule has 0 aromatic heterocycles. The zero-order chi connectivity index (χ0) is 13.3. The first-order chi connectivity index (χ1) is 8.39. The highest BCUT2D eigenvalue weighted by Gasteiger charge is 2.36. The molecule has 1 aliphatic carbocycles. The second-order valence-electron chi connectivity index (χ2n) is 6.51. The maximum absolute atomic E-state index is 12.5. The molecule has 1 aliphatic heterocycles. The van der Waals surface area contributed by atoms with E-state index in [1.807, 2.05) is 11.8 Å². The third-order valence-corrected chi connectivity index (χ3v) is 4.59. The summed E-state index contributed by atoms with van der Waals surface area (Å²) < 4.78 is 0. The zero-order valence-electron chi connectivity index (χ0n) is 11.6. The van der Waals surface area contributed by atoms with Crippen molar-refractivity contribution in [1.82, 2.24) is 4.90 Å². The van der Waals surface area contributed by atoms with Crippen molar-refractivity contribution in [2.45, 2.75) is 57.6 Å². The average molecular weight is 254 g/mol. The molecule has 104 valence electrons. The summed E-state index contributed by atoms with van der Waals surface area (Å²) in [6.07, 6.45) is 4.48. The smallest absolute Gasteiger partial charge is 0.225 e. The number of likely N-dealkylation sites (tertiary alicyclic amines) is 1. The molecule has 2 aliphatic rings. The number of nitrogens with two attached hydrogens (primary N) is 1. The van der Waals surface area contributed by atoms with Gasteiger partial charge in [0.25, 0.3) is 0 Å². The molecule has 2 fully saturated rings. The molecule has 1 heterocycles. The van der Waals surface area contributed by atoms with Crippen LogP contribution < -0.4 is 5.73 Å². The monoisotopic (exact) mass is 254 g/mol. The van der Waals surface area contributed by atoms with Gasteiger partial charge in [-0.05, 0) is 44.9 Å². The van der Waals surface area contributed by atoms with Gasteiger partial charge < -0.3 is 15.7 Å². The largest absolute Gasteiger partial charge is 0.388 e. The summed E-state index contributed by atoms with van der Waals surface area (Å²) in [5, 5.41) is 10.1. The minimum Gasteiger partial charge on any atom is -0.388 e. The van der Waals surface area contributed by atoms with Crippen LogP contribution in [0.4, 0.5) is 0 Å². The number of nitrogens with zero attached hydrogens (tertiary/aromatic N) is 1. The van der Waals surface area contributed by atoms with Crippen molar-refractivity contribution in [3.05, 3.63) is 0 Å². The van der Waals surface area contributed by atoms with Crippen molar-refractivity contribution in [2.24, 2.45) is 17.6 Å². The Balaban J connectivity index is 1.95. The Morgan fingerprint density at radius 2 is 2.17 bits per heavy atom. The molecular formula is C14H26N2O2. The maximum atomic E-state index is 12.5. The molecule has 4 atom stereocenters. The Morgan fingerprint density at radius 3 is 2.78 bits per heavy atom. The Bertz CT molecular complexity index is 317. The predicted octanol–water partition coefficient (Wildman–Crippen LogP) is 1.12. The van der Waals surface area contributed by atoms with E-state index in [0.29, 0.717) is 12.5 Å². The fourth-order valence-corrected chi connectivity index (χ4v) is 3.25. The van der Waals surface area contributed by atoms with Gasteiger partial charge in [0.05, 0.1) is 5.60 Å². The van der Waals surface area contributed by atoms with Gasteiger partial charge in [0.15, 0.2) is 0 Å². The molecule has 0 aromatic carbocycles. The molecule has 0 radical (unpaired) electrons. The first kappa shape index (κ1) is 13.8. The van der Waals surface area contributed by atoms with Crippen LogP contribution in [0.2, 0.25) is 0 Å². The van der Waals surface area contributed by atoms with E-state index < -0.39 is 5.60 Å². The van der Waals surface area contributed by atoms with Gasteiger partial charge in [0.1, 0.15) is 0 Å². The van der Waals surface area contributed by atoms with Gasteiger partial charge in [-0.3, -0.25) is 4.79 Å². The molecule has 3 N–H and O–H groups in total. The fourth-order valence-electron chi connectivity index (χ4n) is 3.25. The Hall–Kier alpha value is -0.610. The highest BCUT2D eigenvalue weighted by atomic mass is 16.3. The SMILES string of the molecule is CC1CCC(C(=O)N2CCCC(C)(O)C2)CC1N.